The Kier molecular flexibility index (Phi) is 10.4. The maximum Gasteiger partial charge on any atom is 0.272 e. The van der Waals surface area contributed by atoms with Crippen molar-refractivity contribution in [2.75, 3.05) is 26.3 Å². The number of aromatic nitrogens is 4. The molecule has 1 aliphatic heterocycles. The highest BCUT2D eigenvalue weighted by Crippen LogP contribution is 2.40. The zero-order chi connectivity index (χ0) is 32.9. The molecule has 4 aromatic rings. The predicted octanol–water partition coefficient (Wildman–Crippen LogP) is 6.94. The van der Waals surface area contributed by atoms with Crippen LogP contribution in [0.1, 0.15) is 68.1 Å². The summed E-state index contributed by atoms with van der Waals surface area (Å²) in [5.41, 5.74) is 5.91. The van der Waals surface area contributed by atoms with Gasteiger partial charge in [-0.3, -0.25) is 9.48 Å². The van der Waals surface area contributed by atoms with Gasteiger partial charge in [0.05, 0.1) is 18.8 Å². The van der Waals surface area contributed by atoms with Crippen molar-refractivity contribution < 1.29 is 19.1 Å². The number of hydrogen-bond acceptors (Lipinski definition) is 7. The predicted molar refractivity (Wildman–Crippen MR) is 183 cm³/mol. The average Bonchev–Trinajstić information content (AvgIpc) is 3.43. The molecule has 0 radical (unpaired) electrons. The highest BCUT2D eigenvalue weighted by molar-refractivity contribution is 6.72. The van der Waals surface area contributed by atoms with E-state index in [1.807, 2.05) is 48.3 Å². The van der Waals surface area contributed by atoms with Crippen LogP contribution in [0.15, 0.2) is 67.1 Å². The van der Waals surface area contributed by atoms with Crippen LogP contribution in [0.2, 0.25) is 18.1 Å². The van der Waals surface area contributed by atoms with Crippen LogP contribution < -0.4 is 4.74 Å². The molecule has 0 saturated heterocycles. The molecule has 5 rings (SSSR count). The van der Waals surface area contributed by atoms with E-state index in [0.717, 1.165) is 35.3 Å². The van der Waals surface area contributed by atoms with Crippen LogP contribution in [-0.4, -0.2) is 70.0 Å². The van der Waals surface area contributed by atoms with Crippen molar-refractivity contribution in [2.24, 2.45) is 0 Å². The molecule has 2 aromatic heterocycles. The SMILES string of the molecule is CC(C)c1ccc(COc2ccc(-c3c(-c4ccncn4)nn4c3C(=O)N(CCOCCCC(C)(C)[Si](C)(C)O)CC4)cc2)cc1. The lowest BCUT2D eigenvalue weighted by molar-refractivity contribution is 0.0575. The fourth-order valence-corrected chi connectivity index (χ4v) is 6.28. The Bertz CT molecular complexity index is 1600. The second-order valence-electron chi connectivity index (χ2n) is 13.6. The van der Waals surface area contributed by atoms with Crippen LogP contribution in [0.3, 0.4) is 0 Å². The van der Waals surface area contributed by atoms with Crippen LogP contribution in [0.4, 0.5) is 0 Å². The number of nitrogens with zero attached hydrogens (tertiary/aromatic N) is 5. The summed E-state index contributed by atoms with van der Waals surface area (Å²) in [4.78, 5) is 34.9. The van der Waals surface area contributed by atoms with Crippen molar-refractivity contribution in [3.8, 4) is 28.3 Å². The van der Waals surface area contributed by atoms with Crippen LogP contribution in [0, 0.1) is 0 Å². The fraction of sp³-hybridized carbons (Fsp3) is 0.444. The van der Waals surface area contributed by atoms with E-state index in [0.29, 0.717) is 62.5 Å². The molecule has 9 nitrogen and oxygen atoms in total. The van der Waals surface area contributed by atoms with Crippen molar-refractivity contribution in [3.05, 3.63) is 83.9 Å². The van der Waals surface area contributed by atoms with Crippen molar-refractivity contribution >= 4 is 14.2 Å². The van der Waals surface area contributed by atoms with Gasteiger partial charge in [0.15, 0.2) is 8.32 Å². The first-order valence-electron chi connectivity index (χ1n) is 16.2. The molecule has 0 aliphatic carbocycles. The summed E-state index contributed by atoms with van der Waals surface area (Å²) >= 11 is 0. The molecule has 0 bridgehead atoms. The molecular formula is C36H47N5O4Si. The van der Waals surface area contributed by atoms with Gasteiger partial charge >= 0.3 is 0 Å². The van der Waals surface area contributed by atoms with Crippen molar-refractivity contribution in [2.45, 2.75) is 77.7 Å². The van der Waals surface area contributed by atoms with Gasteiger partial charge in [-0.1, -0.05) is 64.1 Å². The Morgan fingerprint density at radius 2 is 1.74 bits per heavy atom. The third kappa shape index (κ3) is 7.74. The molecule has 0 spiro atoms. The summed E-state index contributed by atoms with van der Waals surface area (Å²) in [5, 5.41) is 4.79. The Morgan fingerprint density at radius 1 is 1.00 bits per heavy atom. The van der Waals surface area contributed by atoms with Crippen LogP contribution in [0.5, 0.6) is 5.75 Å². The molecule has 244 valence electrons. The van der Waals surface area contributed by atoms with Gasteiger partial charge < -0.3 is 19.2 Å². The summed E-state index contributed by atoms with van der Waals surface area (Å²) in [6, 6.07) is 18.2. The number of rotatable bonds is 14. The molecule has 0 saturated carbocycles. The van der Waals surface area contributed by atoms with Gasteiger partial charge in [0.25, 0.3) is 5.91 Å². The van der Waals surface area contributed by atoms with E-state index in [4.69, 9.17) is 14.6 Å². The zero-order valence-electron chi connectivity index (χ0n) is 28.0. The van der Waals surface area contributed by atoms with E-state index in [1.54, 1.807) is 10.9 Å². The maximum atomic E-state index is 13.9. The van der Waals surface area contributed by atoms with Crippen molar-refractivity contribution in [3.63, 3.8) is 0 Å². The molecule has 1 aliphatic rings. The number of carbonyl (C=O) groups excluding carboxylic acids is 1. The van der Waals surface area contributed by atoms with Crippen molar-refractivity contribution in [1.29, 1.82) is 0 Å². The van der Waals surface area contributed by atoms with E-state index in [1.165, 1.54) is 11.9 Å². The first-order valence-corrected chi connectivity index (χ1v) is 19.2. The van der Waals surface area contributed by atoms with Gasteiger partial charge in [-0.2, -0.15) is 5.10 Å². The molecule has 1 amide bonds. The number of benzene rings is 2. The van der Waals surface area contributed by atoms with Gasteiger partial charge in [-0.15, -0.1) is 0 Å². The molecule has 0 unspecified atom stereocenters. The number of fused-ring (bicyclic) bond motifs is 1. The minimum Gasteiger partial charge on any atom is -0.489 e. The summed E-state index contributed by atoms with van der Waals surface area (Å²) < 4.78 is 13.8. The Labute approximate surface area is 273 Å². The second kappa shape index (κ2) is 14.3. The van der Waals surface area contributed by atoms with E-state index in [-0.39, 0.29) is 10.9 Å². The molecule has 0 fully saturated rings. The van der Waals surface area contributed by atoms with Gasteiger partial charge in [-0.05, 0) is 71.8 Å². The molecule has 10 heteroatoms. The maximum absolute atomic E-state index is 13.9. The van der Waals surface area contributed by atoms with E-state index < -0.39 is 8.32 Å². The topological polar surface area (TPSA) is 103 Å². The van der Waals surface area contributed by atoms with Crippen LogP contribution in [0.25, 0.3) is 22.5 Å². The first kappa shape index (κ1) is 33.5. The second-order valence-corrected chi connectivity index (χ2v) is 18.0. The highest BCUT2D eigenvalue weighted by Gasteiger charge is 2.37. The monoisotopic (exact) mass is 641 g/mol. The van der Waals surface area contributed by atoms with Crippen LogP contribution in [-0.2, 0) is 17.9 Å². The summed E-state index contributed by atoms with van der Waals surface area (Å²) in [6.07, 6.45) is 4.97. The molecule has 3 heterocycles. The lowest BCUT2D eigenvalue weighted by atomic mass is 9.99. The first-order chi connectivity index (χ1) is 21.9. The molecule has 2 aromatic carbocycles. The summed E-state index contributed by atoms with van der Waals surface area (Å²) in [7, 11) is -2.24. The quantitative estimate of drug-likeness (QED) is 0.118. The average molecular weight is 642 g/mol. The van der Waals surface area contributed by atoms with Gasteiger partial charge in [0, 0.05) is 31.5 Å². The van der Waals surface area contributed by atoms with Gasteiger partial charge in [0.1, 0.15) is 30.1 Å². The Hall–Kier alpha value is -3.86. The minimum absolute atomic E-state index is 0.0701. The summed E-state index contributed by atoms with van der Waals surface area (Å²) in [6.45, 7) is 15.8. The molecule has 46 heavy (non-hydrogen) atoms. The largest absolute Gasteiger partial charge is 0.489 e. The smallest absolute Gasteiger partial charge is 0.272 e. The molecule has 1 N–H and O–H groups in total. The normalized spacial score (nSPS) is 13.7. The minimum atomic E-state index is -2.24. The number of hydrogen-bond donors (Lipinski definition) is 1. The molecule has 0 atom stereocenters. The van der Waals surface area contributed by atoms with E-state index in [9.17, 15) is 9.59 Å². The number of amides is 1. The Morgan fingerprint density at radius 3 is 2.39 bits per heavy atom. The standard InChI is InChI=1S/C36H47N5O4Si/c1-26(2)28-10-8-27(9-11-28)24-45-30-14-12-29(13-15-30)32-33(31-16-18-37-25-38-31)39-41-20-19-40(35(42)34(32)41)21-23-44-22-7-17-36(3,4)46(5,6)43/h8-16,18,25-26,43H,7,17,19-24H2,1-6H3. The molecular weight excluding hydrogens is 595 g/mol. The van der Waals surface area contributed by atoms with Gasteiger partial charge in [-0.25, -0.2) is 9.97 Å². The lowest BCUT2D eigenvalue weighted by Crippen LogP contribution is -2.42. The fourth-order valence-electron chi connectivity index (χ4n) is 5.49. The number of carbonyl (C=O) groups is 1. The van der Waals surface area contributed by atoms with Gasteiger partial charge in [0.2, 0.25) is 0 Å². The summed E-state index contributed by atoms with van der Waals surface area (Å²) in [5.74, 6) is 1.17. The Balaban J connectivity index is 1.28. The third-order valence-corrected chi connectivity index (χ3v) is 12.9. The van der Waals surface area contributed by atoms with E-state index >= 15 is 0 Å². The van der Waals surface area contributed by atoms with Crippen LogP contribution >= 0.6 is 0 Å². The highest BCUT2D eigenvalue weighted by atomic mass is 28.4. The zero-order valence-corrected chi connectivity index (χ0v) is 29.0. The number of ether oxygens (including phenoxy) is 2. The van der Waals surface area contributed by atoms with E-state index in [2.05, 4.69) is 61.9 Å². The van der Waals surface area contributed by atoms with Crippen molar-refractivity contribution in [1.82, 2.24) is 24.6 Å². The lowest BCUT2D eigenvalue weighted by Gasteiger charge is -2.35. The third-order valence-electron chi connectivity index (χ3n) is 9.30.